The van der Waals surface area contributed by atoms with Gasteiger partial charge in [0.1, 0.15) is 0 Å². The predicted molar refractivity (Wildman–Crippen MR) is 61.2 cm³/mol. The molecule has 0 spiro atoms. The summed E-state index contributed by atoms with van der Waals surface area (Å²) in [6.45, 7) is 0. The Labute approximate surface area is 88.4 Å². The maximum absolute atomic E-state index is 6.63. The standard InChI is InChI=1S/C13H25N/c14-13(10-6-1-2-7-11-13)12-8-4-3-5-9-12/h12H,1-11,14H2. The van der Waals surface area contributed by atoms with E-state index >= 15 is 0 Å². The van der Waals surface area contributed by atoms with Crippen LogP contribution in [-0.2, 0) is 0 Å². The zero-order valence-corrected chi connectivity index (χ0v) is 9.43. The molecule has 0 saturated heterocycles. The Bertz CT molecular complexity index is 162. The minimum atomic E-state index is 0.233. The molecule has 2 rings (SSSR count). The van der Waals surface area contributed by atoms with Crippen molar-refractivity contribution in [2.75, 3.05) is 0 Å². The molecule has 14 heavy (non-hydrogen) atoms. The molecule has 2 saturated carbocycles. The van der Waals surface area contributed by atoms with Gasteiger partial charge in [0, 0.05) is 5.54 Å². The molecule has 2 aliphatic carbocycles. The van der Waals surface area contributed by atoms with E-state index in [1.807, 2.05) is 0 Å². The molecule has 0 bridgehead atoms. The third-order valence-electron chi connectivity index (χ3n) is 4.45. The quantitative estimate of drug-likeness (QED) is 0.635. The van der Waals surface area contributed by atoms with Crippen molar-refractivity contribution in [2.24, 2.45) is 11.7 Å². The maximum Gasteiger partial charge on any atom is 0.0182 e. The van der Waals surface area contributed by atoms with Gasteiger partial charge in [-0.15, -0.1) is 0 Å². The average molecular weight is 195 g/mol. The lowest BCUT2D eigenvalue weighted by Crippen LogP contribution is -2.47. The summed E-state index contributed by atoms with van der Waals surface area (Å²) in [5.74, 6) is 0.856. The van der Waals surface area contributed by atoms with Gasteiger partial charge in [-0.05, 0) is 31.6 Å². The van der Waals surface area contributed by atoms with E-state index in [1.54, 1.807) is 0 Å². The van der Waals surface area contributed by atoms with E-state index in [9.17, 15) is 0 Å². The van der Waals surface area contributed by atoms with Crippen LogP contribution < -0.4 is 5.73 Å². The average Bonchev–Trinajstić information content (AvgIpc) is 2.46. The number of nitrogens with two attached hydrogens (primary N) is 1. The Morgan fingerprint density at radius 2 is 1.21 bits per heavy atom. The second-order valence-electron chi connectivity index (χ2n) is 5.48. The van der Waals surface area contributed by atoms with Crippen molar-refractivity contribution in [3.8, 4) is 0 Å². The highest BCUT2D eigenvalue weighted by atomic mass is 14.8. The molecule has 0 unspecified atom stereocenters. The summed E-state index contributed by atoms with van der Waals surface area (Å²) < 4.78 is 0. The molecule has 0 aromatic carbocycles. The molecule has 1 nitrogen and oxygen atoms in total. The van der Waals surface area contributed by atoms with Crippen molar-refractivity contribution in [3.63, 3.8) is 0 Å². The first-order valence-electron chi connectivity index (χ1n) is 6.60. The van der Waals surface area contributed by atoms with Crippen LogP contribution in [0.3, 0.4) is 0 Å². The lowest BCUT2D eigenvalue weighted by molar-refractivity contribution is 0.183. The van der Waals surface area contributed by atoms with Crippen LogP contribution in [0.5, 0.6) is 0 Å². The molecule has 2 N–H and O–H groups in total. The van der Waals surface area contributed by atoms with Gasteiger partial charge in [0.25, 0.3) is 0 Å². The van der Waals surface area contributed by atoms with Crippen molar-refractivity contribution in [2.45, 2.75) is 76.2 Å². The van der Waals surface area contributed by atoms with Crippen molar-refractivity contribution >= 4 is 0 Å². The third-order valence-corrected chi connectivity index (χ3v) is 4.45. The van der Waals surface area contributed by atoms with Gasteiger partial charge in [0.2, 0.25) is 0 Å². The van der Waals surface area contributed by atoms with Gasteiger partial charge < -0.3 is 5.73 Å². The molecule has 0 aromatic heterocycles. The minimum absolute atomic E-state index is 0.233. The fraction of sp³-hybridized carbons (Fsp3) is 1.00. The summed E-state index contributed by atoms with van der Waals surface area (Å²) in [6, 6.07) is 0. The van der Waals surface area contributed by atoms with Crippen molar-refractivity contribution in [3.05, 3.63) is 0 Å². The fourth-order valence-corrected chi connectivity index (χ4v) is 3.47. The Balaban J connectivity index is 1.96. The minimum Gasteiger partial charge on any atom is -0.325 e. The summed E-state index contributed by atoms with van der Waals surface area (Å²) in [5, 5.41) is 0. The van der Waals surface area contributed by atoms with Crippen molar-refractivity contribution in [1.82, 2.24) is 0 Å². The predicted octanol–water partition coefficient (Wildman–Crippen LogP) is 3.62. The lowest BCUT2D eigenvalue weighted by Gasteiger charge is -2.39. The highest BCUT2D eigenvalue weighted by Gasteiger charge is 2.35. The van der Waals surface area contributed by atoms with Gasteiger partial charge in [-0.2, -0.15) is 0 Å². The van der Waals surface area contributed by atoms with Crippen LogP contribution in [0.25, 0.3) is 0 Å². The van der Waals surface area contributed by atoms with Crippen molar-refractivity contribution in [1.29, 1.82) is 0 Å². The maximum atomic E-state index is 6.63. The molecule has 1 heteroatoms. The summed E-state index contributed by atoms with van der Waals surface area (Å²) >= 11 is 0. The number of hydrogen-bond acceptors (Lipinski definition) is 1. The lowest BCUT2D eigenvalue weighted by atomic mass is 9.71. The second kappa shape index (κ2) is 4.65. The smallest absolute Gasteiger partial charge is 0.0182 e. The number of hydrogen-bond donors (Lipinski definition) is 1. The molecule has 2 fully saturated rings. The van der Waals surface area contributed by atoms with Crippen molar-refractivity contribution < 1.29 is 0 Å². The van der Waals surface area contributed by atoms with E-state index in [0.717, 1.165) is 5.92 Å². The first-order valence-corrected chi connectivity index (χ1v) is 6.60. The molecule has 2 aliphatic rings. The molecule has 82 valence electrons. The van der Waals surface area contributed by atoms with Gasteiger partial charge in [0.15, 0.2) is 0 Å². The summed E-state index contributed by atoms with van der Waals surface area (Å²) in [6.07, 6.45) is 15.4. The summed E-state index contributed by atoms with van der Waals surface area (Å²) in [5.41, 5.74) is 6.87. The molecule has 0 amide bonds. The van der Waals surface area contributed by atoms with E-state index in [-0.39, 0.29) is 5.54 Å². The first kappa shape index (κ1) is 10.5. The van der Waals surface area contributed by atoms with Gasteiger partial charge in [0.05, 0.1) is 0 Å². The summed E-state index contributed by atoms with van der Waals surface area (Å²) in [4.78, 5) is 0. The Kier molecular flexibility index (Phi) is 3.48. The zero-order chi connectivity index (χ0) is 9.86. The highest BCUT2D eigenvalue weighted by Crippen LogP contribution is 2.38. The van der Waals surface area contributed by atoms with E-state index in [1.165, 1.54) is 70.6 Å². The monoisotopic (exact) mass is 195 g/mol. The number of rotatable bonds is 1. The van der Waals surface area contributed by atoms with Crippen LogP contribution in [0, 0.1) is 5.92 Å². The van der Waals surface area contributed by atoms with Gasteiger partial charge in [-0.25, -0.2) is 0 Å². The van der Waals surface area contributed by atoms with E-state index in [4.69, 9.17) is 5.73 Å². The molecule has 0 aliphatic heterocycles. The van der Waals surface area contributed by atoms with E-state index < -0.39 is 0 Å². The van der Waals surface area contributed by atoms with Crippen LogP contribution >= 0.6 is 0 Å². The van der Waals surface area contributed by atoms with Crippen LogP contribution in [-0.4, -0.2) is 5.54 Å². The van der Waals surface area contributed by atoms with E-state index in [2.05, 4.69) is 0 Å². The Hall–Kier alpha value is -0.0400. The molecule has 0 atom stereocenters. The highest BCUT2D eigenvalue weighted by molar-refractivity contribution is 4.93. The molecule has 0 radical (unpaired) electrons. The molecule has 0 heterocycles. The Morgan fingerprint density at radius 3 is 1.79 bits per heavy atom. The van der Waals surface area contributed by atoms with Gasteiger partial charge in [-0.1, -0.05) is 44.9 Å². The van der Waals surface area contributed by atoms with Gasteiger partial charge >= 0.3 is 0 Å². The van der Waals surface area contributed by atoms with Crippen LogP contribution in [0.15, 0.2) is 0 Å². The summed E-state index contributed by atoms with van der Waals surface area (Å²) in [7, 11) is 0. The third kappa shape index (κ3) is 2.31. The van der Waals surface area contributed by atoms with Gasteiger partial charge in [-0.3, -0.25) is 0 Å². The second-order valence-corrected chi connectivity index (χ2v) is 5.48. The normalized spacial score (nSPS) is 29.8. The van der Waals surface area contributed by atoms with Crippen LogP contribution in [0.1, 0.15) is 70.6 Å². The molecule has 0 aromatic rings. The zero-order valence-electron chi connectivity index (χ0n) is 9.43. The first-order chi connectivity index (χ1) is 6.81. The Morgan fingerprint density at radius 1 is 0.714 bits per heavy atom. The molecular weight excluding hydrogens is 170 g/mol. The molecular formula is C13H25N. The van der Waals surface area contributed by atoms with Crippen LogP contribution in [0.4, 0.5) is 0 Å². The SMILES string of the molecule is NC1(C2CCCCC2)CCCCCC1. The largest absolute Gasteiger partial charge is 0.325 e. The topological polar surface area (TPSA) is 26.0 Å². The van der Waals surface area contributed by atoms with Crippen LogP contribution in [0.2, 0.25) is 0 Å². The van der Waals surface area contributed by atoms with E-state index in [0.29, 0.717) is 0 Å². The fourth-order valence-electron chi connectivity index (χ4n) is 3.47.